The number of carbonyl (C=O) groups excluding carboxylic acids is 3. The van der Waals surface area contributed by atoms with E-state index >= 15 is 4.79 Å². The summed E-state index contributed by atoms with van der Waals surface area (Å²) < 4.78 is 30.1. The van der Waals surface area contributed by atoms with Gasteiger partial charge in [-0.1, -0.05) is 32.0 Å². The highest BCUT2D eigenvalue weighted by Crippen LogP contribution is 2.64. The molecular formula is C34H44O14. The zero-order chi connectivity index (χ0) is 35.1. The molecule has 2 aliphatic heterocycles. The number of carbonyl (C=O) groups is 3. The quantitative estimate of drug-likeness (QED) is 0.166. The fraction of sp³-hybridized carbons (Fsp3) is 0.676. The molecule has 4 fully saturated rings. The minimum absolute atomic E-state index is 0.0365. The molecule has 14 nitrogen and oxygen atoms in total. The maximum atomic E-state index is 15.0. The van der Waals surface area contributed by atoms with E-state index in [0.29, 0.717) is 0 Å². The van der Waals surface area contributed by atoms with Crippen molar-refractivity contribution in [2.45, 2.75) is 114 Å². The highest BCUT2D eigenvalue weighted by molar-refractivity contribution is 5.94. The maximum absolute atomic E-state index is 15.0. The molecule has 2 saturated heterocycles. The minimum atomic E-state index is -2.18. The van der Waals surface area contributed by atoms with Crippen molar-refractivity contribution in [3.63, 3.8) is 0 Å². The third kappa shape index (κ3) is 4.83. The fourth-order valence-electron chi connectivity index (χ4n) is 8.98. The summed E-state index contributed by atoms with van der Waals surface area (Å²) in [6, 6.07) is 7.95. The van der Waals surface area contributed by atoms with Crippen molar-refractivity contribution < 1.29 is 68.7 Å². The standard InChI is InChI=1S/C34H44O14/c1-15-18(37)12-34(43)28(47-29(42)17-9-7-6-8-10-17)26-32(5,27(41)24(39)22(15)31(34,3)4)20(11-21-33(26,14-44-21)48-16(2)36)46-30-25(40)23(38)19(13-35)45-30/h6-10,18-21,23-26,28,30,35,37-40,43H,11-14H2,1-5H3/t18-,19+,20-,21+,23-,24+,25+,26-,28-,30-,32+,33-,34+/m0/s1. The van der Waals surface area contributed by atoms with Gasteiger partial charge in [0, 0.05) is 25.2 Å². The van der Waals surface area contributed by atoms with Crippen LogP contribution in [0.4, 0.5) is 0 Å². The zero-order valence-corrected chi connectivity index (χ0v) is 27.4. The van der Waals surface area contributed by atoms with E-state index in [2.05, 4.69) is 0 Å². The predicted octanol–water partition coefficient (Wildman–Crippen LogP) is -0.455. The van der Waals surface area contributed by atoms with Gasteiger partial charge < -0.3 is 54.3 Å². The number of Topliss-reactive ketones (excluding diaryl/α,β-unsaturated/α-hetero) is 1. The molecule has 6 N–H and O–H groups in total. The largest absolute Gasteiger partial charge is 0.455 e. The number of benzene rings is 1. The van der Waals surface area contributed by atoms with E-state index < -0.39 is 107 Å². The summed E-state index contributed by atoms with van der Waals surface area (Å²) >= 11 is 0. The van der Waals surface area contributed by atoms with Gasteiger partial charge in [-0.25, -0.2) is 4.79 Å². The summed E-state index contributed by atoms with van der Waals surface area (Å²) in [5.41, 5.74) is -6.93. The number of esters is 2. The Bertz CT molecular complexity index is 1490. The Labute approximate surface area is 277 Å². The average molecular weight is 677 g/mol. The lowest BCUT2D eigenvalue weighted by Gasteiger charge is -2.67. The van der Waals surface area contributed by atoms with Crippen molar-refractivity contribution in [3.8, 4) is 0 Å². The van der Waals surface area contributed by atoms with Crippen LogP contribution in [-0.2, 0) is 33.3 Å². The molecule has 1 aromatic carbocycles. The van der Waals surface area contributed by atoms with Crippen LogP contribution in [0.2, 0.25) is 0 Å². The fourth-order valence-corrected chi connectivity index (χ4v) is 8.98. The number of hydrogen-bond donors (Lipinski definition) is 6. The van der Waals surface area contributed by atoms with Gasteiger partial charge in [-0.05, 0) is 37.1 Å². The van der Waals surface area contributed by atoms with E-state index in [0.717, 1.165) is 0 Å². The third-order valence-electron chi connectivity index (χ3n) is 11.7. The van der Waals surface area contributed by atoms with Crippen LogP contribution in [0.25, 0.3) is 0 Å². The molecule has 14 heteroatoms. The topological polar surface area (TPSA) is 219 Å². The molecule has 264 valence electrons. The number of fused-ring (bicyclic) bond motifs is 5. The summed E-state index contributed by atoms with van der Waals surface area (Å²) in [6.45, 7) is 6.43. The molecule has 3 aliphatic carbocycles. The van der Waals surface area contributed by atoms with Crippen LogP contribution in [0, 0.1) is 16.7 Å². The first kappa shape index (κ1) is 35.1. The molecule has 0 spiro atoms. The van der Waals surface area contributed by atoms with E-state index in [9.17, 15) is 40.2 Å². The van der Waals surface area contributed by atoms with E-state index in [1.165, 1.54) is 26.0 Å². The van der Waals surface area contributed by atoms with Crippen molar-refractivity contribution in [3.05, 3.63) is 47.0 Å². The van der Waals surface area contributed by atoms with Crippen molar-refractivity contribution in [1.29, 1.82) is 0 Å². The molecule has 13 atom stereocenters. The first-order valence-electron chi connectivity index (χ1n) is 16.1. The van der Waals surface area contributed by atoms with Crippen LogP contribution < -0.4 is 0 Å². The molecule has 6 rings (SSSR count). The summed E-state index contributed by atoms with van der Waals surface area (Å²) in [7, 11) is 0. The molecule has 0 unspecified atom stereocenters. The van der Waals surface area contributed by atoms with Crippen LogP contribution in [0.5, 0.6) is 0 Å². The predicted molar refractivity (Wildman–Crippen MR) is 162 cm³/mol. The second-order valence-corrected chi connectivity index (χ2v) is 14.5. The van der Waals surface area contributed by atoms with Crippen LogP contribution in [0.3, 0.4) is 0 Å². The van der Waals surface area contributed by atoms with Gasteiger partial charge in [0.25, 0.3) is 0 Å². The smallest absolute Gasteiger partial charge is 0.338 e. The average Bonchev–Trinajstić information content (AvgIpc) is 3.30. The third-order valence-corrected chi connectivity index (χ3v) is 11.7. The second-order valence-electron chi connectivity index (χ2n) is 14.5. The Kier molecular flexibility index (Phi) is 8.71. The van der Waals surface area contributed by atoms with E-state index in [4.69, 9.17) is 23.7 Å². The number of ether oxygens (including phenoxy) is 5. The number of hydrogen-bond acceptors (Lipinski definition) is 14. The molecule has 5 aliphatic rings. The second kappa shape index (κ2) is 11.9. The SMILES string of the molecule is CC(=O)O[C@@]12CO[C@@H]1C[C@H](O[C@@H]1O[C@H](CO)[C@H](O)[C@H]1O)[C@@]1(C)C(=O)[C@H](O)C3=C(C)[C@@H](O)C[C@@](O)([C@@H](OC(=O)c4ccccc4)[C@H]21)C3(C)C. The maximum Gasteiger partial charge on any atom is 0.338 e. The van der Waals surface area contributed by atoms with Gasteiger partial charge in [-0.15, -0.1) is 0 Å². The van der Waals surface area contributed by atoms with Crippen molar-refractivity contribution >= 4 is 17.7 Å². The van der Waals surface area contributed by atoms with E-state index in [1.807, 2.05) is 0 Å². The lowest BCUT2D eigenvalue weighted by Crippen LogP contribution is -2.82. The molecule has 0 amide bonds. The van der Waals surface area contributed by atoms with Gasteiger partial charge in [-0.2, -0.15) is 0 Å². The number of aliphatic hydroxyl groups excluding tert-OH is 5. The Morgan fingerprint density at radius 3 is 2.27 bits per heavy atom. The molecule has 48 heavy (non-hydrogen) atoms. The van der Waals surface area contributed by atoms with Gasteiger partial charge in [0.2, 0.25) is 0 Å². The summed E-state index contributed by atoms with van der Waals surface area (Å²) in [5, 5.41) is 67.2. The lowest BCUT2D eigenvalue weighted by atomic mass is 9.44. The molecule has 0 aromatic heterocycles. The summed E-state index contributed by atoms with van der Waals surface area (Å²) in [4.78, 5) is 41.7. The van der Waals surface area contributed by atoms with Gasteiger partial charge in [0.05, 0.1) is 42.3 Å². The van der Waals surface area contributed by atoms with Crippen LogP contribution >= 0.6 is 0 Å². The van der Waals surface area contributed by atoms with E-state index in [1.54, 1.807) is 39.0 Å². The number of rotatable bonds is 6. The minimum Gasteiger partial charge on any atom is -0.455 e. The zero-order valence-electron chi connectivity index (χ0n) is 27.4. The van der Waals surface area contributed by atoms with Crippen LogP contribution in [-0.4, -0.2) is 128 Å². The molecular weight excluding hydrogens is 632 g/mol. The number of aliphatic hydroxyl groups is 6. The van der Waals surface area contributed by atoms with Gasteiger partial charge >= 0.3 is 11.9 Å². The van der Waals surface area contributed by atoms with Crippen molar-refractivity contribution in [1.82, 2.24) is 0 Å². The van der Waals surface area contributed by atoms with Gasteiger partial charge in [0.15, 0.2) is 17.7 Å². The molecule has 0 radical (unpaired) electrons. The molecule has 1 aromatic rings. The number of ketones is 1. The first-order chi connectivity index (χ1) is 22.5. The van der Waals surface area contributed by atoms with Crippen molar-refractivity contribution in [2.24, 2.45) is 16.7 Å². The molecule has 2 saturated carbocycles. The van der Waals surface area contributed by atoms with Gasteiger partial charge in [0.1, 0.15) is 42.2 Å². The van der Waals surface area contributed by atoms with Gasteiger partial charge in [-0.3, -0.25) is 9.59 Å². The van der Waals surface area contributed by atoms with E-state index in [-0.39, 0.29) is 36.2 Å². The van der Waals surface area contributed by atoms with Crippen LogP contribution in [0.1, 0.15) is 57.8 Å². The highest BCUT2D eigenvalue weighted by atomic mass is 16.7. The van der Waals surface area contributed by atoms with Crippen molar-refractivity contribution in [2.75, 3.05) is 13.2 Å². The highest BCUT2D eigenvalue weighted by Gasteiger charge is 2.78. The molecule has 2 heterocycles. The Hall–Kier alpha value is -2.79. The molecule has 2 bridgehead atoms. The normalized spacial score (nSPS) is 44.9. The Morgan fingerprint density at radius 2 is 1.71 bits per heavy atom. The monoisotopic (exact) mass is 676 g/mol. The Balaban J connectivity index is 1.60. The lowest BCUT2D eigenvalue weighted by molar-refractivity contribution is -0.358. The Morgan fingerprint density at radius 1 is 1.04 bits per heavy atom. The van der Waals surface area contributed by atoms with Crippen LogP contribution in [0.15, 0.2) is 41.5 Å². The first-order valence-corrected chi connectivity index (χ1v) is 16.1. The summed E-state index contributed by atoms with van der Waals surface area (Å²) in [6.07, 6.45) is -13.7. The summed E-state index contributed by atoms with van der Waals surface area (Å²) in [5.74, 6) is -3.93.